The summed E-state index contributed by atoms with van der Waals surface area (Å²) in [6, 6.07) is 20.6. The summed E-state index contributed by atoms with van der Waals surface area (Å²) in [5, 5.41) is 2.50. The second-order valence-corrected chi connectivity index (χ2v) is 5.05. The van der Waals surface area contributed by atoms with Gasteiger partial charge in [0.15, 0.2) is 0 Å². The van der Waals surface area contributed by atoms with E-state index >= 15 is 0 Å². The zero-order valence-corrected chi connectivity index (χ0v) is 11.5. The van der Waals surface area contributed by atoms with Gasteiger partial charge in [0, 0.05) is 10.6 Å². The number of benzene rings is 2. The van der Waals surface area contributed by atoms with Crippen molar-refractivity contribution in [3.8, 4) is 0 Å². The van der Waals surface area contributed by atoms with Crippen LogP contribution < -0.4 is 0 Å². The van der Waals surface area contributed by atoms with E-state index in [1.54, 1.807) is 11.8 Å². The lowest BCUT2D eigenvalue weighted by molar-refractivity contribution is 0.841. The Kier molecular flexibility index (Phi) is 5.15. The quantitative estimate of drug-likeness (QED) is 0.447. The van der Waals surface area contributed by atoms with Crippen molar-refractivity contribution in [2.75, 3.05) is 5.75 Å². The first-order valence-corrected chi connectivity index (χ1v) is 7.09. The Morgan fingerprint density at radius 2 is 1.61 bits per heavy atom. The van der Waals surface area contributed by atoms with E-state index in [0.717, 1.165) is 5.75 Å². The number of hydrogen-bond donors (Lipinski definition) is 0. The van der Waals surface area contributed by atoms with Gasteiger partial charge in [-0.25, -0.2) is 4.99 Å². The molecule has 0 heterocycles. The molecule has 0 aliphatic carbocycles. The Bertz CT molecular complexity index is 519. The van der Waals surface area contributed by atoms with Crippen molar-refractivity contribution in [2.45, 2.75) is 10.9 Å². The molecule has 90 valence electrons. The maximum Gasteiger partial charge on any atom is 0.0945 e. The van der Waals surface area contributed by atoms with Crippen LogP contribution in [0, 0.1) is 0 Å². The molecule has 0 aliphatic heterocycles. The van der Waals surface area contributed by atoms with E-state index in [-0.39, 0.29) is 6.04 Å². The Balaban J connectivity index is 2.06. The molecule has 2 aromatic rings. The first-order chi connectivity index (χ1) is 8.90. The van der Waals surface area contributed by atoms with Crippen LogP contribution in [0.1, 0.15) is 11.6 Å². The lowest BCUT2D eigenvalue weighted by Gasteiger charge is -2.10. The standard InChI is InChI=1S/C15H13NS2/c17-12-16-15(13-7-3-1-4-8-13)11-18-14-9-5-2-6-10-14/h1-10,15H,11H2. The summed E-state index contributed by atoms with van der Waals surface area (Å²) < 4.78 is 0. The first-order valence-electron chi connectivity index (χ1n) is 5.70. The van der Waals surface area contributed by atoms with Gasteiger partial charge in [-0.15, -0.1) is 11.8 Å². The maximum absolute atomic E-state index is 4.73. The zero-order chi connectivity index (χ0) is 12.6. The molecule has 0 aromatic heterocycles. The molecule has 0 radical (unpaired) electrons. The number of rotatable bonds is 5. The van der Waals surface area contributed by atoms with Crippen LogP contribution in [0.4, 0.5) is 0 Å². The fourth-order valence-electron chi connectivity index (χ4n) is 1.64. The number of thioether (sulfide) groups is 1. The van der Waals surface area contributed by atoms with Crippen LogP contribution in [0.5, 0.6) is 0 Å². The molecule has 18 heavy (non-hydrogen) atoms. The molecule has 1 atom stereocenters. The average molecular weight is 271 g/mol. The molecule has 0 fully saturated rings. The molecule has 0 spiro atoms. The van der Waals surface area contributed by atoms with Crippen molar-refractivity contribution < 1.29 is 0 Å². The van der Waals surface area contributed by atoms with Crippen LogP contribution in [-0.2, 0) is 0 Å². The van der Waals surface area contributed by atoms with Gasteiger partial charge < -0.3 is 0 Å². The van der Waals surface area contributed by atoms with E-state index in [2.05, 4.69) is 34.4 Å². The van der Waals surface area contributed by atoms with Gasteiger partial charge >= 0.3 is 0 Å². The zero-order valence-electron chi connectivity index (χ0n) is 9.82. The largest absolute Gasteiger partial charge is 0.223 e. The Hall–Kier alpha value is -1.41. The summed E-state index contributed by atoms with van der Waals surface area (Å²) in [6.07, 6.45) is 0. The van der Waals surface area contributed by atoms with E-state index < -0.39 is 0 Å². The van der Waals surface area contributed by atoms with E-state index in [1.807, 2.05) is 36.4 Å². The lowest BCUT2D eigenvalue weighted by atomic mass is 10.1. The predicted octanol–water partition coefficient (Wildman–Crippen LogP) is 4.62. The number of isothiocyanates is 1. The smallest absolute Gasteiger partial charge is 0.0945 e. The van der Waals surface area contributed by atoms with E-state index in [4.69, 9.17) is 12.2 Å². The minimum atomic E-state index is 0.0777. The number of thiocarbonyl (C=S) groups is 1. The molecule has 0 saturated heterocycles. The van der Waals surface area contributed by atoms with Crippen LogP contribution in [0.3, 0.4) is 0 Å². The molecule has 0 bridgehead atoms. The van der Waals surface area contributed by atoms with Crippen molar-refractivity contribution >= 4 is 29.1 Å². The van der Waals surface area contributed by atoms with Crippen LogP contribution in [-0.4, -0.2) is 10.9 Å². The third-order valence-corrected chi connectivity index (χ3v) is 3.74. The number of hydrogen-bond acceptors (Lipinski definition) is 3. The normalized spacial score (nSPS) is 11.6. The summed E-state index contributed by atoms with van der Waals surface area (Å²) in [4.78, 5) is 5.50. The molecule has 1 nitrogen and oxygen atoms in total. The van der Waals surface area contributed by atoms with Gasteiger partial charge in [-0.1, -0.05) is 48.5 Å². The first kappa shape index (κ1) is 13.0. The van der Waals surface area contributed by atoms with Gasteiger partial charge in [-0.05, 0) is 29.9 Å². The average Bonchev–Trinajstić information content (AvgIpc) is 2.45. The summed E-state index contributed by atoms with van der Waals surface area (Å²) in [5.41, 5.74) is 1.18. The Morgan fingerprint density at radius 1 is 1.00 bits per heavy atom. The lowest BCUT2D eigenvalue weighted by Crippen LogP contribution is -1.98. The molecule has 2 rings (SSSR count). The molecule has 0 saturated carbocycles. The highest BCUT2D eigenvalue weighted by Gasteiger charge is 2.09. The van der Waals surface area contributed by atoms with Gasteiger partial charge in [-0.2, -0.15) is 0 Å². The highest BCUT2D eigenvalue weighted by atomic mass is 32.2. The topological polar surface area (TPSA) is 12.4 Å². The van der Waals surface area contributed by atoms with Crippen molar-refractivity contribution in [2.24, 2.45) is 4.99 Å². The third-order valence-electron chi connectivity index (χ3n) is 2.54. The van der Waals surface area contributed by atoms with Crippen LogP contribution >= 0.6 is 24.0 Å². The third kappa shape index (κ3) is 3.81. The molecule has 0 aliphatic rings. The number of aliphatic imine (C=N–C) groups is 1. The van der Waals surface area contributed by atoms with E-state index in [9.17, 15) is 0 Å². The van der Waals surface area contributed by atoms with Crippen LogP contribution in [0.15, 0.2) is 70.6 Å². The molecule has 1 unspecified atom stereocenters. The molecule has 0 N–H and O–H groups in total. The fraction of sp³-hybridized carbons (Fsp3) is 0.133. The van der Waals surface area contributed by atoms with Crippen molar-refractivity contribution in [1.29, 1.82) is 0 Å². The molecule has 3 heteroatoms. The van der Waals surface area contributed by atoms with Gasteiger partial charge in [0.2, 0.25) is 0 Å². The highest BCUT2D eigenvalue weighted by Crippen LogP contribution is 2.26. The molecule has 0 amide bonds. The Morgan fingerprint density at radius 3 is 2.22 bits per heavy atom. The second-order valence-electron chi connectivity index (χ2n) is 3.77. The van der Waals surface area contributed by atoms with Crippen molar-refractivity contribution in [3.05, 3.63) is 66.2 Å². The van der Waals surface area contributed by atoms with Gasteiger partial charge in [0.05, 0.1) is 11.2 Å². The maximum atomic E-state index is 4.73. The molecule has 2 aromatic carbocycles. The van der Waals surface area contributed by atoms with Crippen LogP contribution in [0.25, 0.3) is 0 Å². The van der Waals surface area contributed by atoms with Crippen LogP contribution in [0.2, 0.25) is 0 Å². The minimum Gasteiger partial charge on any atom is -0.223 e. The second kappa shape index (κ2) is 7.12. The van der Waals surface area contributed by atoms with Crippen molar-refractivity contribution in [3.63, 3.8) is 0 Å². The van der Waals surface area contributed by atoms with E-state index in [1.165, 1.54) is 10.5 Å². The summed E-state index contributed by atoms with van der Waals surface area (Å²) >= 11 is 6.52. The Labute approximate surface area is 117 Å². The van der Waals surface area contributed by atoms with Gasteiger partial charge in [0.25, 0.3) is 0 Å². The summed E-state index contributed by atoms with van der Waals surface area (Å²) in [6.45, 7) is 0. The van der Waals surface area contributed by atoms with Crippen molar-refractivity contribution in [1.82, 2.24) is 0 Å². The molecular formula is C15H13NS2. The summed E-state index contributed by atoms with van der Waals surface area (Å²) in [5.74, 6) is 0.873. The predicted molar refractivity (Wildman–Crippen MR) is 81.4 cm³/mol. The number of nitrogens with zero attached hydrogens (tertiary/aromatic N) is 1. The minimum absolute atomic E-state index is 0.0777. The van der Waals surface area contributed by atoms with Gasteiger partial charge in [-0.3, -0.25) is 0 Å². The SMILES string of the molecule is S=C=NC(CSc1ccccc1)c1ccccc1. The monoisotopic (exact) mass is 271 g/mol. The van der Waals surface area contributed by atoms with E-state index in [0.29, 0.717) is 0 Å². The van der Waals surface area contributed by atoms with Gasteiger partial charge in [0.1, 0.15) is 0 Å². The summed E-state index contributed by atoms with van der Waals surface area (Å²) in [7, 11) is 0. The molecular weight excluding hydrogens is 258 g/mol. The fourth-order valence-corrected chi connectivity index (χ4v) is 2.73. The highest BCUT2D eigenvalue weighted by molar-refractivity contribution is 7.99.